The zero-order valence-corrected chi connectivity index (χ0v) is 10.5. The van der Waals surface area contributed by atoms with Crippen molar-refractivity contribution in [3.8, 4) is 0 Å². The van der Waals surface area contributed by atoms with Gasteiger partial charge in [0.2, 0.25) is 0 Å². The first kappa shape index (κ1) is 16.1. The average molecular weight is 318 g/mol. The molecule has 0 aromatic rings. The maximum absolute atomic E-state index is 12.4. The second-order valence-corrected chi connectivity index (χ2v) is 5.35. The lowest BCUT2D eigenvalue weighted by atomic mass is 9.94. The van der Waals surface area contributed by atoms with Crippen LogP contribution in [0.25, 0.3) is 0 Å². The van der Waals surface area contributed by atoms with Gasteiger partial charge >= 0.3 is 18.3 Å². The van der Waals surface area contributed by atoms with E-state index in [9.17, 15) is 31.1 Å². The van der Waals surface area contributed by atoms with Gasteiger partial charge in [0.15, 0.2) is 0 Å². The zero-order valence-electron chi connectivity index (χ0n) is 10.5. The van der Waals surface area contributed by atoms with Gasteiger partial charge in [0, 0.05) is 0 Å². The van der Waals surface area contributed by atoms with Gasteiger partial charge in [-0.1, -0.05) is 12.2 Å². The molecule has 1 saturated carbocycles. The van der Waals surface area contributed by atoms with Crippen LogP contribution in [0.15, 0.2) is 12.2 Å². The fraction of sp³-hybridized carbons (Fsp3) is 0.750. The molecule has 0 aliphatic heterocycles. The van der Waals surface area contributed by atoms with Crippen LogP contribution in [-0.4, -0.2) is 35.6 Å². The summed E-state index contributed by atoms with van der Waals surface area (Å²) in [5.74, 6) is -1.99. The Bertz CT molecular complexity index is 439. The van der Waals surface area contributed by atoms with Gasteiger partial charge in [-0.05, 0) is 24.7 Å². The van der Waals surface area contributed by atoms with Crippen molar-refractivity contribution < 1.29 is 41.0 Å². The molecule has 0 saturated heterocycles. The average Bonchev–Trinajstić information content (AvgIpc) is 2.94. The predicted molar refractivity (Wildman–Crippen MR) is 56.9 cm³/mol. The molecule has 2 aliphatic rings. The van der Waals surface area contributed by atoms with Crippen LogP contribution >= 0.6 is 0 Å². The lowest BCUT2D eigenvalue weighted by Crippen LogP contribution is -2.60. The summed E-state index contributed by atoms with van der Waals surface area (Å²) in [6.07, 6.45) is -7.42. The van der Waals surface area contributed by atoms with Gasteiger partial charge in [0.05, 0.1) is 5.92 Å². The molecule has 0 spiro atoms. The molecular formula is C12H12F6O3. The van der Waals surface area contributed by atoms with Crippen LogP contribution in [0.2, 0.25) is 0 Å². The molecule has 0 radical (unpaired) electrons. The highest BCUT2D eigenvalue weighted by Gasteiger charge is 2.71. The van der Waals surface area contributed by atoms with Crippen molar-refractivity contribution in [1.29, 1.82) is 0 Å². The first-order chi connectivity index (χ1) is 9.46. The van der Waals surface area contributed by atoms with Gasteiger partial charge in [0.25, 0.3) is 5.60 Å². The Kier molecular flexibility index (Phi) is 3.76. The standard InChI is InChI=1S/C12H12F6O3/c13-11(14,15)10(20,12(16,17)18)5-21-9(19)8-4-6-1-2-7(8)3-6/h1-2,6-8,20H,3-5H2/t6-,7?,8?/m1/s1. The summed E-state index contributed by atoms with van der Waals surface area (Å²) in [5.41, 5.74) is -5.05. The predicted octanol–water partition coefficient (Wildman–Crippen LogP) is 2.60. The molecule has 2 unspecified atom stereocenters. The van der Waals surface area contributed by atoms with E-state index in [1.54, 1.807) is 6.08 Å². The number of carbonyl (C=O) groups is 1. The van der Waals surface area contributed by atoms with E-state index in [-0.39, 0.29) is 11.8 Å². The van der Waals surface area contributed by atoms with Crippen molar-refractivity contribution in [2.45, 2.75) is 30.8 Å². The first-order valence-electron chi connectivity index (χ1n) is 6.16. The molecule has 3 nitrogen and oxygen atoms in total. The Morgan fingerprint density at radius 1 is 1.10 bits per heavy atom. The summed E-state index contributed by atoms with van der Waals surface area (Å²) in [4.78, 5) is 11.6. The molecule has 0 aromatic heterocycles. The van der Waals surface area contributed by atoms with Crippen molar-refractivity contribution in [3.63, 3.8) is 0 Å². The van der Waals surface area contributed by atoms with Crippen LogP contribution in [0.1, 0.15) is 12.8 Å². The minimum Gasteiger partial charge on any atom is -0.462 e. The van der Waals surface area contributed by atoms with Gasteiger partial charge in [-0.3, -0.25) is 4.79 Å². The fourth-order valence-corrected chi connectivity index (χ4v) is 2.66. The van der Waals surface area contributed by atoms with Crippen LogP contribution in [0, 0.1) is 17.8 Å². The van der Waals surface area contributed by atoms with E-state index in [0.717, 1.165) is 0 Å². The molecule has 1 N–H and O–H groups in total. The number of rotatable bonds is 3. The number of hydrogen-bond donors (Lipinski definition) is 1. The van der Waals surface area contributed by atoms with Gasteiger partial charge in [-0.15, -0.1) is 0 Å². The smallest absolute Gasteiger partial charge is 0.429 e. The quantitative estimate of drug-likeness (QED) is 0.494. The Morgan fingerprint density at radius 2 is 1.67 bits per heavy atom. The molecule has 0 heterocycles. The number of esters is 1. The summed E-state index contributed by atoms with van der Waals surface area (Å²) in [5, 5.41) is 8.87. The summed E-state index contributed by atoms with van der Waals surface area (Å²) in [7, 11) is 0. The molecule has 21 heavy (non-hydrogen) atoms. The topological polar surface area (TPSA) is 46.5 Å². The molecule has 120 valence electrons. The minimum absolute atomic E-state index is 0.108. The van der Waals surface area contributed by atoms with E-state index < -0.39 is 36.4 Å². The number of hydrogen-bond acceptors (Lipinski definition) is 3. The molecule has 2 bridgehead atoms. The monoisotopic (exact) mass is 318 g/mol. The third-order valence-corrected chi connectivity index (χ3v) is 3.94. The third kappa shape index (κ3) is 2.75. The number of alkyl halides is 6. The molecule has 3 atom stereocenters. The van der Waals surface area contributed by atoms with E-state index in [2.05, 4.69) is 4.74 Å². The molecule has 2 aliphatic carbocycles. The lowest BCUT2D eigenvalue weighted by molar-refractivity contribution is -0.375. The largest absolute Gasteiger partial charge is 0.462 e. The number of halogens is 6. The van der Waals surface area contributed by atoms with Gasteiger partial charge in [-0.25, -0.2) is 0 Å². The Balaban J connectivity index is 2.03. The normalized spacial score (nSPS) is 29.0. The van der Waals surface area contributed by atoms with E-state index in [4.69, 9.17) is 5.11 Å². The van der Waals surface area contributed by atoms with Crippen molar-refractivity contribution in [1.82, 2.24) is 0 Å². The van der Waals surface area contributed by atoms with Crippen LogP contribution in [-0.2, 0) is 9.53 Å². The highest BCUT2D eigenvalue weighted by atomic mass is 19.4. The second-order valence-electron chi connectivity index (χ2n) is 5.35. The lowest BCUT2D eigenvalue weighted by Gasteiger charge is -2.32. The number of fused-ring (bicyclic) bond motifs is 2. The number of aliphatic hydroxyl groups is 1. The number of allylic oxidation sites excluding steroid dienone is 2. The first-order valence-corrected chi connectivity index (χ1v) is 6.16. The highest BCUT2D eigenvalue weighted by Crippen LogP contribution is 2.45. The molecule has 0 amide bonds. The van der Waals surface area contributed by atoms with E-state index in [1.165, 1.54) is 0 Å². The molecule has 9 heteroatoms. The maximum Gasteiger partial charge on any atom is 0.429 e. The van der Waals surface area contributed by atoms with Gasteiger partial charge < -0.3 is 9.84 Å². The molecular weight excluding hydrogens is 306 g/mol. The SMILES string of the molecule is O=C(OCC(O)(C(F)(F)F)C(F)(F)F)C1C[C@@H]2C=CC1C2. The van der Waals surface area contributed by atoms with Crippen molar-refractivity contribution in [2.75, 3.05) is 6.61 Å². The zero-order chi connectivity index (χ0) is 16.1. The van der Waals surface area contributed by atoms with Crippen molar-refractivity contribution in [3.05, 3.63) is 12.2 Å². The summed E-state index contributed by atoms with van der Waals surface area (Å²) in [6.45, 7) is -2.18. The Hall–Kier alpha value is -1.25. The maximum atomic E-state index is 12.4. The molecule has 2 rings (SSSR count). The summed E-state index contributed by atoms with van der Waals surface area (Å²) in [6, 6.07) is 0. The Morgan fingerprint density at radius 3 is 2.05 bits per heavy atom. The number of ether oxygens (including phenoxy) is 1. The second kappa shape index (κ2) is 4.89. The van der Waals surface area contributed by atoms with E-state index in [0.29, 0.717) is 12.8 Å². The third-order valence-electron chi connectivity index (χ3n) is 3.94. The van der Waals surface area contributed by atoms with Crippen LogP contribution in [0.4, 0.5) is 26.3 Å². The van der Waals surface area contributed by atoms with Gasteiger partial charge in [-0.2, -0.15) is 26.3 Å². The van der Waals surface area contributed by atoms with Crippen LogP contribution in [0.3, 0.4) is 0 Å². The van der Waals surface area contributed by atoms with E-state index >= 15 is 0 Å². The highest BCUT2D eigenvalue weighted by molar-refractivity contribution is 5.74. The summed E-state index contributed by atoms with van der Waals surface area (Å²) >= 11 is 0. The molecule has 1 fully saturated rings. The Labute approximate surface area is 115 Å². The van der Waals surface area contributed by atoms with Crippen LogP contribution < -0.4 is 0 Å². The number of carbonyl (C=O) groups excluding carboxylic acids is 1. The summed E-state index contributed by atoms with van der Waals surface area (Å²) < 4.78 is 78.6. The minimum atomic E-state index is -5.99. The van der Waals surface area contributed by atoms with Crippen molar-refractivity contribution >= 4 is 5.97 Å². The fourth-order valence-electron chi connectivity index (χ4n) is 2.66. The van der Waals surface area contributed by atoms with E-state index in [1.807, 2.05) is 6.08 Å². The van der Waals surface area contributed by atoms with Crippen LogP contribution in [0.5, 0.6) is 0 Å². The van der Waals surface area contributed by atoms with Crippen molar-refractivity contribution in [2.24, 2.45) is 17.8 Å². The molecule has 0 aromatic carbocycles. The van der Waals surface area contributed by atoms with Gasteiger partial charge in [0.1, 0.15) is 6.61 Å².